The van der Waals surface area contributed by atoms with Gasteiger partial charge in [-0.1, -0.05) is 41.6 Å². The van der Waals surface area contributed by atoms with Crippen molar-refractivity contribution in [2.75, 3.05) is 12.4 Å². The van der Waals surface area contributed by atoms with Crippen LogP contribution >= 0.6 is 23.4 Å². The van der Waals surface area contributed by atoms with Crippen molar-refractivity contribution >= 4 is 35.2 Å². The number of esters is 1. The van der Waals surface area contributed by atoms with Crippen molar-refractivity contribution in [3.8, 4) is 0 Å². The maximum Gasteiger partial charge on any atom is 0.313 e. The second-order valence-corrected chi connectivity index (χ2v) is 6.45. The lowest BCUT2D eigenvalue weighted by Gasteiger charge is -2.07. The largest absolute Gasteiger partial charge is 0.466 e. The first-order valence-corrected chi connectivity index (χ1v) is 9.04. The fraction of sp³-hybridized carbons (Fsp3) is 0.375. The first-order valence-electron chi connectivity index (χ1n) is 7.68. The van der Waals surface area contributed by atoms with E-state index in [0.29, 0.717) is 29.2 Å². The van der Waals surface area contributed by atoms with E-state index >= 15 is 0 Å². The van der Waals surface area contributed by atoms with Crippen LogP contribution in [0.3, 0.4) is 0 Å². The van der Waals surface area contributed by atoms with Gasteiger partial charge in [0.15, 0.2) is 5.16 Å². The molecule has 1 aromatic heterocycles. The molecule has 2 aromatic rings. The molecule has 1 N–H and O–H groups in total. The molecule has 0 saturated carbocycles. The Morgan fingerprint density at radius 2 is 2.08 bits per heavy atom. The summed E-state index contributed by atoms with van der Waals surface area (Å²) in [4.78, 5) is 23.5. The number of nitrogens with zero attached hydrogens (tertiary/aromatic N) is 3. The Hall–Kier alpha value is -2.06. The standard InChI is InChI=1S/C16H19ClN4O3S/c1-3-24-15(23)8-13-19-20-16(21(13)2)25-10-14(22)18-9-11-6-4-5-7-12(11)17/h4-7H,3,8-10H2,1-2H3,(H,18,22). The summed E-state index contributed by atoms with van der Waals surface area (Å²) in [6.45, 7) is 2.44. The molecule has 0 saturated heterocycles. The molecule has 134 valence electrons. The number of amides is 1. The summed E-state index contributed by atoms with van der Waals surface area (Å²) in [7, 11) is 1.75. The summed E-state index contributed by atoms with van der Waals surface area (Å²) in [6.07, 6.45) is 0.0522. The van der Waals surface area contributed by atoms with Crippen molar-refractivity contribution < 1.29 is 14.3 Å². The number of thioether (sulfide) groups is 1. The van der Waals surface area contributed by atoms with E-state index in [-0.39, 0.29) is 24.1 Å². The van der Waals surface area contributed by atoms with Gasteiger partial charge in [-0.3, -0.25) is 9.59 Å². The Morgan fingerprint density at radius 3 is 2.80 bits per heavy atom. The maximum atomic E-state index is 12.0. The minimum Gasteiger partial charge on any atom is -0.466 e. The monoisotopic (exact) mass is 382 g/mol. The molecule has 25 heavy (non-hydrogen) atoms. The first-order chi connectivity index (χ1) is 12.0. The molecule has 0 aliphatic carbocycles. The van der Waals surface area contributed by atoms with Gasteiger partial charge in [-0.05, 0) is 18.6 Å². The first kappa shape index (κ1) is 19.3. The SMILES string of the molecule is CCOC(=O)Cc1nnc(SCC(=O)NCc2ccccc2Cl)n1C. The quantitative estimate of drug-likeness (QED) is 0.555. The van der Waals surface area contributed by atoms with E-state index in [2.05, 4.69) is 15.5 Å². The highest BCUT2D eigenvalue weighted by molar-refractivity contribution is 7.99. The van der Waals surface area contributed by atoms with E-state index in [0.717, 1.165) is 5.56 Å². The van der Waals surface area contributed by atoms with Crippen molar-refractivity contribution in [3.63, 3.8) is 0 Å². The van der Waals surface area contributed by atoms with Gasteiger partial charge in [0, 0.05) is 18.6 Å². The number of aromatic nitrogens is 3. The van der Waals surface area contributed by atoms with Crippen molar-refractivity contribution in [3.05, 3.63) is 40.7 Å². The number of hydrogen-bond donors (Lipinski definition) is 1. The molecule has 0 fully saturated rings. The Kier molecular flexibility index (Phi) is 7.27. The molecule has 7 nitrogen and oxygen atoms in total. The lowest BCUT2D eigenvalue weighted by atomic mass is 10.2. The van der Waals surface area contributed by atoms with E-state index in [4.69, 9.17) is 16.3 Å². The molecule has 2 rings (SSSR count). The third-order valence-electron chi connectivity index (χ3n) is 3.30. The zero-order valence-corrected chi connectivity index (χ0v) is 15.6. The number of rotatable bonds is 8. The summed E-state index contributed by atoms with van der Waals surface area (Å²) < 4.78 is 6.57. The summed E-state index contributed by atoms with van der Waals surface area (Å²) in [6, 6.07) is 7.35. The van der Waals surface area contributed by atoms with E-state index in [1.54, 1.807) is 24.6 Å². The number of ether oxygens (including phenoxy) is 1. The van der Waals surface area contributed by atoms with Crippen LogP contribution in [0.4, 0.5) is 0 Å². The highest BCUT2D eigenvalue weighted by Crippen LogP contribution is 2.17. The van der Waals surface area contributed by atoms with Crippen molar-refractivity contribution in [1.29, 1.82) is 0 Å². The minimum absolute atomic E-state index is 0.0522. The maximum absolute atomic E-state index is 12.0. The number of carbonyl (C=O) groups is 2. The van der Waals surface area contributed by atoms with Crippen LogP contribution in [0, 0.1) is 0 Å². The molecule has 1 amide bonds. The smallest absolute Gasteiger partial charge is 0.313 e. The van der Waals surface area contributed by atoms with Crippen LogP contribution < -0.4 is 5.32 Å². The van der Waals surface area contributed by atoms with Crippen molar-refractivity contribution in [2.24, 2.45) is 7.05 Å². The molecule has 0 bridgehead atoms. The summed E-state index contributed by atoms with van der Waals surface area (Å²) in [5.41, 5.74) is 0.859. The van der Waals surface area contributed by atoms with Crippen LogP contribution in [0.5, 0.6) is 0 Å². The van der Waals surface area contributed by atoms with Gasteiger partial charge in [-0.2, -0.15) is 0 Å². The predicted molar refractivity (Wildman–Crippen MR) is 95.4 cm³/mol. The zero-order valence-electron chi connectivity index (χ0n) is 14.0. The molecular formula is C16H19ClN4O3S. The lowest BCUT2D eigenvalue weighted by molar-refractivity contribution is -0.142. The molecule has 0 spiro atoms. The summed E-state index contributed by atoms with van der Waals surface area (Å²) in [5, 5.41) is 12.0. The fourth-order valence-electron chi connectivity index (χ4n) is 1.98. The predicted octanol–water partition coefficient (Wildman–Crippen LogP) is 1.98. The van der Waals surface area contributed by atoms with Crippen LogP contribution in [0.1, 0.15) is 18.3 Å². The van der Waals surface area contributed by atoms with Gasteiger partial charge in [0.25, 0.3) is 0 Å². The second-order valence-electron chi connectivity index (χ2n) is 5.10. The third kappa shape index (κ3) is 5.75. The Balaban J connectivity index is 1.83. The van der Waals surface area contributed by atoms with Gasteiger partial charge >= 0.3 is 5.97 Å². The van der Waals surface area contributed by atoms with Gasteiger partial charge in [0.1, 0.15) is 12.2 Å². The van der Waals surface area contributed by atoms with E-state index in [1.807, 2.05) is 18.2 Å². The number of carbonyl (C=O) groups excluding carboxylic acids is 2. The van der Waals surface area contributed by atoms with Crippen LogP contribution in [0.25, 0.3) is 0 Å². The fourth-order valence-corrected chi connectivity index (χ4v) is 2.94. The van der Waals surface area contributed by atoms with Crippen LogP contribution in [-0.2, 0) is 34.3 Å². The van der Waals surface area contributed by atoms with Gasteiger partial charge in [-0.25, -0.2) is 0 Å². The number of halogens is 1. The number of nitrogens with one attached hydrogen (secondary N) is 1. The zero-order chi connectivity index (χ0) is 18.2. The van der Waals surface area contributed by atoms with Gasteiger partial charge < -0.3 is 14.6 Å². The van der Waals surface area contributed by atoms with Gasteiger partial charge in [-0.15, -0.1) is 10.2 Å². The Labute approximate surface area is 155 Å². The number of benzene rings is 1. The van der Waals surface area contributed by atoms with E-state index in [9.17, 15) is 9.59 Å². The van der Waals surface area contributed by atoms with E-state index < -0.39 is 0 Å². The second kappa shape index (κ2) is 9.43. The topological polar surface area (TPSA) is 86.1 Å². The van der Waals surface area contributed by atoms with Gasteiger partial charge in [0.2, 0.25) is 5.91 Å². The third-order valence-corrected chi connectivity index (χ3v) is 4.69. The molecule has 0 aliphatic heterocycles. The minimum atomic E-state index is -0.355. The Morgan fingerprint density at radius 1 is 1.32 bits per heavy atom. The lowest BCUT2D eigenvalue weighted by Crippen LogP contribution is -2.24. The normalized spacial score (nSPS) is 10.5. The van der Waals surface area contributed by atoms with Crippen LogP contribution in [-0.4, -0.2) is 39.0 Å². The number of hydrogen-bond acceptors (Lipinski definition) is 6. The molecule has 1 aromatic carbocycles. The summed E-state index contributed by atoms with van der Waals surface area (Å²) >= 11 is 7.30. The molecule has 1 heterocycles. The molecular weight excluding hydrogens is 364 g/mol. The summed E-state index contributed by atoms with van der Waals surface area (Å²) in [5.74, 6) is 0.194. The molecule has 9 heteroatoms. The van der Waals surface area contributed by atoms with Crippen LogP contribution in [0.15, 0.2) is 29.4 Å². The van der Waals surface area contributed by atoms with Gasteiger partial charge in [0.05, 0.1) is 12.4 Å². The molecule has 0 unspecified atom stereocenters. The average molecular weight is 383 g/mol. The van der Waals surface area contributed by atoms with Crippen molar-refractivity contribution in [2.45, 2.75) is 25.0 Å². The highest BCUT2D eigenvalue weighted by atomic mass is 35.5. The van der Waals surface area contributed by atoms with Crippen molar-refractivity contribution in [1.82, 2.24) is 20.1 Å². The molecule has 0 atom stereocenters. The Bertz CT molecular complexity index is 751. The highest BCUT2D eigenvalue weighted by Gasteiger charge is 2.15. The average Bonchev–Trinajstić information content (AvgIpc) is 2.92. The van der Waals surface area contributed by atoms with E-state index in [1.165, 1.54) is 11.8 Å². The van der Waals surface area contributed by atoms with Crippen LogP contribution in [0.2, 0.25) is 5.02 Å². The molecule has 0 aliphatic rings. The molecule has 0 radical (unpaired) electrons.